The van der Waals surface area contributed by atoms with E-state index in [1.165, 1.54) is 6.07 Å². The van der Waals surface area contributed by atoms with E-state index >= 15 is 0 Å². The molecule has 1 aromatic rings. The largest absolute Gasteiger partial charge is 0.389 e. The Morgan fingerprint density at radius 3 is 2.76 bits per heavy atom. The van der Waals surface area contributed by atoms with Crippen molar-refractivity contribution in [3.8, 4) is 0 Å². The lowest BCUT2D eigenvalue weighted by Crippen LogP contribution is -2.23. The molecular weight excluding hydrogens is 239 g/mol. The van der Waals surface area contributed by atoms with Crippen LogP contribution in [0.4, 0.5) is 10.1 Å². The number of anilines is 1. The highest BCUT2D eigenvalue weighted by Gasteiger charge is 2.08. The number of benzene rings is 1. The lowest BCUT2D eigenvalue weighted by atomic mass is 10.2. The summed E-state index contributed by atoms with van der Waals surface area (Å²) in [5.41, 5.74) is 6.46. The quantitative estimate of drug-likeness (QED) is 0.623. The summed E-state index contributed by atoms with van der Waals surface area (Å²) in [6.07, 6.45) is 0. The fourth-order valence-corrected chi connectivity index (χ4v) is 1.58. The molecule has 17 heavy (non-hydrogen) atoms. The van der Waals surface area contributed by atoms with E-state index < -0.39 is 5.82 Å². The lowest BCUT2D eigenvalue weighted by Gasteiger charge is -2.19. The minimum atomic E-state index is -0.391. The van der Waals surface area contributed by atoms with Gasteiger partial charge in [-0.25, -0.2) is 4.39 Å². The highest BCUT2D eigenvalue weighted by Crippen LogP contribution is 2.17. The summed E-state index contributed by atoms with van der Waals surface area (Å²) in [6, 6.07) is 4.83. The molecule has 0 spiro atoms. The molecule has 1 aromatic carbocycles. The minimum absolute atomic E-state index is 0.0750. The van der Waals surface area contributed by atoms with Crippen molar-refractivity contribution in [3.05, 3.63) is 29.6 Å². The number of halogens is 1. The molecule has 0 saturated carbocycles. The van der Waals surface area contributed by atoms with Gasteiger partial charge in [-0.15, -0.1) is 0 Å². The molecule has 0 radical (unpaired) electrons. The van der Waals surface area contributed by atoms with Crippen molar-refractivity contribution in [2.45, 2.75) is 6.92 Å². The standard InChI is InChI=1S/C12H17FN2OS/c1-3-16-7-6-15(2)9-4-5-10(12(14)17)11(13)8-9/h4-5,8H,3,6-7H2,1-2H3,(H2,14,17). The van der Waals surface area contributed by atoms with Gasteiger partial charge < -0.3 is 15.4 Å². The Labute approximate surface area is 106 Å². The first-order valence-corrected chi connectivity index (χ1v) is 5.85. The van der Waals surface area contributed by atoms with E-state index in [4.69, 9.17) is 22.7 Å². The van der Waals surface area contributed by atoms with Crippen LogP contribution < -0.4 is 10.6 Å². The molecular formula is C12H17FN2OS. The third-order valence-electron chi connectivity index (χ3n) is 2.43. The normalized spacial score (nSPS) is 10.3. The number of nitrogens with two attached hydrogens (primary N) is 1. The zero-order valence-corrected chi connectivity index (χ0v) is 10.9. The Bertz CT molecular complexity index is 398. The molecule has 0 aliphatic heterocycles. The first-order valence-electron chi connectivity index (χ1n) is 5.44. The molecule has 0 aliphatic rings. The van der Waals surface area contributed by atoms with E-state index in [9.17, 15) is 4.39 Å². The van der Waals surface area contributed by atoms with Crippen LogP contribution in [-0.2, 0) is 4.74 Å². The summed E-state index contributed by atoms with van der Waals surface area (Å²) >= 11 is 4.75. The first kappa shape index (κ1) is 13.9. The van der Waals surface area contributed by atoms with Crippen LogP contribution >= 0.6 is 12.2 Å². The van der Waals surface area contributed by atoms with E-state index in [0.717, 1.165) is 5.69 Å². The molecule has 0 aliphatic carbocycles. The third kappa shape index (κ3) is 3.94. The predicted molar refractivity (Wildman–Crippen MR) is 72.1 cm³/mol. The van der Waals surface area contributed by atoms with E-state index in [2.05, 4.69) is 0 Å². The number of ether oxygens (including phenoxy) is 1. The van der Waals surface area contributed by atoms with Gasteiger partial charge in [0, 0.05) is 31.5 Å². The molecule has 0 heterocycles. The van der Waals surface area contributed by atoms with E-state index in [1.807, 2.05) is 18.9 Å². The van der Waals surface area contributed by atoms with E-state index in [0.29, 0.717) is 19.8 Å². The highest BCUT2D eigenvalue weighted by atomic mass is 32.1. The number of hydrogen-bond acceptors (Lipinski definition) is 3. The predicted octanol–water partition coefficient (Wildman–Crippen LogP) is 1.93. The first-order chi connectivity index (χ1) is 8.06. The average Bonchev–Trinajstić information content (AvgIpc) is 2.28. The van der Waals surface area contributed by atoms with Crippen LogP contribution in [0, 0.1) is 5.82 Å². The lowest BCUT2D eigenvalue weighted by molar-refractivity contribution is 0.154. The van der Waals surface area contributed by atoms with Crippen molar-refractivity contribution in [1.29, 1.82) is 0 Å². The van der Waals surface area contributed by atoms with E-state index in [-0.39, 0.29) is 10.6 Å². The smallest absolute Gasteiger partial charge is 0.135 e. The Kier molecular flexibility index (Phi) is 5.31. The molecule has 3 nitrogen and oxygen atoms in total. The Morgan fingerprint density at radius 2 is 2.24 bits per heavy atom. The van der Waals surface area contributed by atoms with Gasteiger partial charge in [0.1, 0.15) is 10.8 Å². The van der Waals surface area contributed by atoms with Gasteiger partial charge in [0.15, 0.2) is 0 Å². The number of thiocarbonyl (C=S) groups is 1. The van der Waals surface area contributed by atoms with Crippen LogP contribution in [0.1, 0.15) is 12.5 Å². The minimum Gasteiger partial charge on any atom is -0.389 e. The molecule has 0 bridgehead atoms. The number of likely N-dealkylation sites (N-methyl/N-ethyl adjacent to an activating group) is 1. The third-order valence-corrected chi connectivity index (χ3v) is 2.65. The van der Waals surface area contributed by atoms with Crippen LogP contribution in [0.15, 0.2) is 18.2 Å². The van der Waals surface area contributed by atoms with Crippen LogP contribution in [0.3, 0.4) is 0 Å². The molecule has 94 valence electrons. The van der Waals surface area contributed by atoms with Crippen LogP contribution in [0.25, 0.3) is 0 Å². The van der Waals surface area contributed by atoms with Gasteiger partial charge in [0.05, 0.1) is 6.61 Å². The summed E-state index contributed by atoms with van der Waals surface area (Å²) in [4.78, 5) is 1.99. The molecule has 0 saturated heterocycles. The van der Waals surface area contributed by atoms with Gasteiger partial charge in [-0.2, -0.15) is 0 Å². The maximum Gasteiger partial charge on any atom is 0.135 e. The summed E-state index contributed by atoms with van der Waals surface area (Å²) in [6.45, 7) is 3.95. The van der Waals surface area contributed by atoms with Crippen LogP contribution in [0.5, 0.6) is 0 Å². The van der Waals surface area contributed by atoms with Crippen molar-refractivity contribution in [2.75, 3.05) is 31.7 Å². The van der Waals surface area contributed by atoms with Gasteiger partial charge >= 0.3 is 0 Å². The zero-order chi connectivity index (χ0) is 12.8. The Hall–Kier alpha value is -1.20. The average molecular weight is 256 g/mol. The van der Waals surface area contributed by atoms with Gasteiger partial charge in [-0.1, -0.05) is 12.2 Å². The van der Waals surface area contributed by atoms with Gasteiger partial charge in [0.25, 0.3) is 0 Å². The van der Waals surface area contributed by atoms with Crippen LogP contribution in [-0.4, -0.2) is 31.8 Å². The van der Waals surface area contributed by atoms with E-state index in [1.54, 1.807) is 12.1 Å². The summed E-state index contributed by atoms with van der Waals surface area (Å²) in [5.74, 6) is -0.391. The number of hydrogen-bond donors (Lipinski definition) is 1. The molecule has 0 aromatic heterocycles. The Balaban J connectivity index is 2.72. The highest BCUT2D eigenvalue weighted by molar-refractivity contribution is 7.80. The molecule has 0 amide bonds. The molecule has 0 atom stereocenters. The second-order valence-corrected chi connectivity index (χ2v) is 4.09. The van der Waals surface area contributed by atoms with Crippen molar-refractivity contribution < 1.29 is 9.13 Å². The monoisotopic (exact) mass is 256 g/mol. The maximum atomic E-state index is 13.6. The maximum absolute atomic E-state index is 13.6. The molecule has 2 N–H and O–H groups in total. The molecule has 5 heteroatoms. The molecule has 0 unspecified atom stereocenters. The van der Waals surface area contributed by atoms with Crippen molar-refractivity contribution >= 4 is 22.9 Å². The van der Waals surface area contributed by atoms with Gasteiger partial charge in [0.2, 0.25) is 0 Å². The van der Waals surface area contributed by atoms with Crippen molar-refractivity contribution in [3.63, 3.8) is 0 Å². The SMILES string of the molecule is CCOCCN(C)c1ccc(C(N)=S)c(F)c1. The topological polar surface area (TPSA) is 38.5 Å². The van der Waals surface area contributed by atoms with Crippen molar-refractivity contribution in [1.82, 2.24) is 0 Å². The fraction of sp³-hybridized carbons (Fsp3) is 0.417. The van der Waals surface area contributed by atoms with Crippen molar-refractivity contribution in [2.24, 2.45) is 5.73 Å². The van der Waals surface area contributed by atoms with Crippen LogP contribution in [0.2, 0.25) is 0 Å². The Morgan fingerprint density at radius 1 is 1.53 bits per heavy atom. The summed E-state index contributed by atoms with van der Waals surface area (Å²) in [5, 5.41) is 0. The fourth-order valence-electron chi connectivity index (χ4n) is 1.42. The number of rotatable bonds is 6. The second kappa shape index (κ2) is 6.51. The zero-order valence-electron chi connectivity index (χ0n) is 10.1. The second-order valence-electron chi connectivity index (χ2n) is 3.65. The van der Waals surface area contributed by atoms with Gasteiger partial charge in [-0.3, -0.25) is 0 Å². The molecule has 1 rings (SSSR count). The van der Waals surface area contributed by atoms with Gasteiger partial charge in [-0.05, 0) is 25.1 Å². The number of nitrogens with zero attached hydrogens (tertiary/aromatic N) is 1. The summed E-state index contributed by atoms with van der Waals surface area (Å²) in [7, 11) is 1.88. The molecule has 0 fully saturated rings. The summed E-state index contributed by atoms with van der Waals surface area (Å²) < 4.78 is 18.9.